The van der Waals surface area contributed by atoms with Crippen molar-refractivity contribution in [3.63, 3.8) is 0 Å². The summed E-state index contributed by atoms with van der Waals surface area (Å²) in [5.74, 6) is 5.36. The van der Waals surface area contributed by atoms with Gasteiger partial charge in [0.15, 0.2) is 28.7 Å². The van der Waals surface area contributed by atoms with Crippen molar-refractivity contribution in [2.24, 2.45) is 7.05 Å². The van der Waals surface area contributed by atoms with Crippen LogP contribution in [0.25, 0.3) is 21.8 Å². The second-order valence-corrected chi connectivity index (χ2v) is 9.37. The number of para-hydroxylation sites is 3. The van der Waals surface area contributed by atoms with Crippen LogP contribution in [-0.4, -0.2) is 4.57 Å². The Morgan fingerprint density at radius 3 is 2.14 bits per heavy atom. The zero-order chi connectivity index (χ0) is 24.8. The highest BCUT2D eigenvalue weighted by molar-refractivity contribution is 6.13. The first-order valence-corrected chi connectivity index (χ1v) is 13.0. The first kappa shape index (κ1) is 22.5. The second-order valence-electron chi connectivity index (χ2n) is 9.37. The van der Waals surface area contributed by atoms with Crippen LogP contribution in [0, 0.1) is 6.92 Å². The fraction of sp³-hybridized carbons (Fsp3) is 0.250. The van der Waals surface area contributed by atoms with Crippen molar-refractivity contribution in [2.45, 2.75) is 46.0 Å². The van der Waals surface area contributed by atoms with Crippen molar-refractivity contribution in [1.29, 1.82) is 0 Å². The van der Waals surface area contributed by atoms with Crippen LogP contribution < -0.4 is 14.2 Å². The van der Waals surface area contributed by atoms with Gasteiger partial charge in [0.05, 0.1) is 11.0 Å². The first-order chi connectivity index (χ1) is 17.7. The highest BCUT2D eigenvalue weighted by Gasteiger charge is 2.29. The van der Waals surface area contributed by atoms with E-state index >= 15 is 0 Å². The lowest BCUT2D eigenvalue weighted by molar-refractivity contribution is 0.362. The molecule has 0 atom stereocenters. The third-order valence-electron chi connectivity index (χ3n) is 7.35. The van der Waals surface area contributed by atoms with Gasteiger partial charge in [0, 0.05) is 23.4 Å². The maximum absolute atomic E-state index is 6.73. The summed E-state index contributed by atoms with van der Waals surface area (Å²) in [5, 5.41) is 2.29. The summed E-state index contributed by atoms with van der Waals surface area (Å²) in [6.45, 7) is 6.10. The molecule has 0 radical (unpaired) electrons. The molecule has 0 bridgehead atoms. The Kier molecular flexibility index (Phi) is 5.60. The van der Waals surface area contributed by atoms with Crippen molar-refractivity contribution in [3.8, 4) is 34.5 Å². The van der Waals surface area contributed by atoms with E-state index in [-0.39, 0.29) is 0 Å². The van der Waals surface area contributed by atoms with Gasteiger partial charge >= 0.3 is 0 Å². The van der Waals surface area contributed by atoms with Crippen LogP contribution in [0.4, 0.5) is 0 Å². The number of aromatic nitrogens is 1. The molecule has 0 N–H and O–H groups in total. The Morgan fingerprint density at radius 2 is 1.42 bits per heavy atom. The molecule has 1 aliphatic heterocycles. The molecule has 1 aromatic heterocycles. The number of aryl methyl sites for hydroxylation is 2. The van der Waals surface area contributed by atoms with Gasteiger partial charge in [-0.05, 0) is 61.6 Å². The summed E-state index contributed by atoms with van der Waals surface area (Å²) in [6, 6.07) is 24.7. The van der Waals surface area contributed by atoms with Gasteiger partial charge in [0.2, 0.25) is 0 Å². The summed E-state index contributed by atoms with van der Waals surface area (Å²) in [7, 11) is 2.10. The molecule has 2 heterocycles. The van der Waals surface area contributed by atoms with Gasteiger partial charge in [0.25, 0.3) is 0 Å². The first-order valence-electron chi connectivity index (χ1n) is 13.0. The molecule has 1 saturated carbocycles. The van der Waals surface area contributed by atoms with Crippen LogP contribution in [0.2, 0.25) is 0 Å². The highest BCUT2D eigenvalue weighted by atomic mass is 16.6. The predicted octanol–water partition coefficient (Wildman–Crippen LogP) is 9.62. The number of fused-ring (bicyclic) bond motifs is 6. The van der Waals surface area contributed by atoms with Gasteiger partial charge in [-0.2, -0.15) is 0 Å². The van der Waals surface area contributed by atoms with Crippen molar-refractivity contribution >= 4 is 21.8 Å². The summed E-state index contributed by atoms with van der Waals surface area (Å²) >= 11 is 0. The Balaban J connectivity index is 0.00000117. The molecule has 1 fully saturated rings. The topological polar surface area (TPSA) is 32.6 Å². The smallest absolute Gasteiger partial charge is 0.194 e. The van der Waals surface area contributed by atoms with Crippen molar-refractivity contribution in [2.75, 3.05) is 0 Å². The molecule has 0 saturated heterocycles. The van der Waals surface area contributed by atoms with E-state index in [0.29, 0.717) is 5.92 Å². The molecule has 1 aliphatic carbocycles. The molecule has 7 rings (SSSR count). The van der Waals surface area contributed by atoms with Crippen LogP contribution in [0.5, 0.6) is 34.5 Å². The summed E-state index contributed by atoms with van der Waals surface area (Å²) < 4.78 is 21.5. The molecule has 182 valence electrons. The average Bonchev–Trinajstić information content (AvgIpc) is 3.18. The van der Waals surface area contributed by atoms with Crippen molar-refractivity contribution < 1.29 is 14.2 Å². The zero-order valence-corrected chi connectivity index (χ0v) is 21.3. The van der Waals surface area contributed by atoms with Gasteiger partial charge in [-0.25, -0.2) is 0 Å². The minimum atomic E-state index is 0.543. The minimum Gasteiger partial charge on any atom is -0.455 e. The van der Waals surface area contributed by atoms with E-state index < -0.39 is 0 Å². The Morgan fingerprint density at radius 1 is 0.750 bits per heavy atom. The standard InChI is InChI=1S/C30H25NO3.C2H6/c1-18-8-3-4-11-23(18)33-29-20(19-9-7-10-19)14-15-21-22-16-17-26-30(28(22)31(2)27(21)29)34-25-13-6-5-12-24(25)32-26;1-2/h3-6,8,11-17,19H,7,9-10H2,1-2H3;1-2H3. The largest absolute Gasteiger partial charge is 0.455 e. The monoisotopic (exact) mass is 477 g/mol. The van der Waals surface area contributed by atoms with Gasteiger partial charge in [-0.15, -0.1) is 0 Å². The summed E-state index contributed by atoms with van der Waals surface area (Å²) in [4.78, 5) is 0. The van der Waals surface area contributed by atoms with Crippen LogP contribution in [-0.2, 0) is 7.05 Å². The maximum Gasteiger partial charge on any atom is 0.194 e. The van der Waals surface area contributed by atoms with Gasteiger partial charge in [-0.3, -0.25) is 0 Å². The zero-order valence-electron chi connectivity index (χ0n) is 21.3. The highest BCUT2D eigenvalue weighted by Crippen LogP contribution is 2.52. The van der Waals surface area contributed by atoms with Crippen molar-refractivity contribution in [1.82, 2.24) is 4.57 Å². The van der Waals surface area contributed by atoms with Gasteiger partial charge in [-0.1, -0.05) is 62.7 Å². The predicted molar refractivity (Wildman–Crippen MR) is 146 cm³/mol. The number of hydrogen-bond donors (Lipinski definition) is 0. The average molecular weight is 478 g/mol. The lowest BCUT2D eigenvalue weighted by atomic mass is 9.79. The fourth-order valence-electron chi connectivity index (χ4n) is 5.31. The fourth-order valence-corrected chi connectivity index (χ4v) is 5.31. The normalized spacial score (nSPS) is 14.1. The van der Waals surface area contributed by atoms with Crippen LogP contribution in [0.15, 0.2) is 72.8 Å². The van der Waals surface area contributed by atoms with Crippen LogP contribution >= 0.6 is 0 Å². The molecule has 2 aliphatic rings. The number of benzene rings is 4. The molecule has 0 unspecified atom stereocenters. The lowest BCUT2D eigenvalue weighted by Gasteiger charge is -2.28. The number of hydrogen-bond acceptors (Lipinski definition) is 3. The number of ether oxygens (including phenoxy) is 3. The molecule has 36 heavy (non-hydrogen) atoms. The molecule has 0 spiro atoms. The third-order valence-corrected chi connectivity index (χ3v) is 7.35. The Bertz CT molecular complexity index is 1590. The molecule has 4 heteroatoms. The summed E-state index contributed by atoms with van der Waals surface area (Å²) in [6.07, 6.45) is 3.70. The van der Waals surface area contributed by atoms with E-state index in [9.17, 15) is 0 Å². The van der Waals surface area contributed by atoms with E-state index in [1.807, 2.05) is 56.3 Å². The van der Waals surface area contributed by atoms with Crippen LogP contribution in [0.3, 0.4) is 0 Å². The maximum atomic E-state index is 6.73. The van der Waals surface area contributed by atoms with E-state index in [1.165, 1.54) is 24.8 Å². The summed E-state index contributed by atoms with van der Waals surface area (Å²) in [5.41, 5.74) is 4.54. The number of rotatable bonds is 3. The minimum absolute atomic E-state index is 0.543. The van der Waals surface area contributed by atoms with Crippen molar-refractivity contribution in [3.05, 3.63) is 83.9 Å². The van der Waals surface area contributed by atoms with E-state index in [0.717, 1.165) is 61.9 Å². The lowest BCUT2D eigenvalue weighted by Crippen LogP contribution is -2.10. The number of nitrogens with zero attached hydrogens (tertiary/aromatic N) is 1. The van der Waals surface area contributed by atoms with E-state index in [2.05, 4.69) is 48.9 Å². The second kappa shape index (κ2) is 8.94. The van der Waals surface area contributed by atoms with E-state index in [4.69, 9.17) is 14.2 Å². The van der Waals surface area contributed by atoms with E-state index in [1.54, 1.807) is 0 Å². The van der Waals surface area contributed by atoms with Gasteiger partial charge in [0.1, 0.15) is 5.75 Å². The SMILES string of the molecule is CC.Cc1ccccc1Oc1c(C2CCC2)ccc2c3ccc4c(c3n(C)c12)Oc1ccccc1O4. The van der Waals surface area contributed by atoms with Gasteiger partial charge < -0.3 is 18.8 Å². The molecular formula is C32H31NO3. The molecule has 4 aromatic carbocycles. The third kappa shape index (κ3) is 3.43. The molecule has 4 nitrogen and oxygen atoms in total. The molecular weight excluding hydrogens is 446 g/mol. The molecule has 0 amide bonds. The quantitative estimate of drug-likeness (QED) is 0.254. The molecule has 5 aromatic rings. The van der Waals surface area contributed by atoms with Crippen LogP contribution in [0.1, 0.15) is 50.2 Å². The Labute approximate surface area is 212 Å². The Hall–Kier alpha value is -3.92.